The van der Waals surface area contributed by atoms with Gasteiger partial charge in [-0.05, 0) is 31.5 Å². The van der Waals surface area contributed by atoms with Crippen molar-refractivity contribution in [3.63, 3.8) is 0 Å². The predicted octanol–water partition coefficient (Wildman–Crippen LogP) is 1.51. The molecule has 0 aliphatic carbocycles. The summed E-state index contributed by atoms with van der Waals surface area (Å²) in [5.74, 6) is -0.195. The highest BCUT2D eigenvalue weighted by molar-refractivity contribution is 7.91. The van der Waals surface area contributed by atoms with Gasteiger partial charge in [0.05, 0.1) is 5.56 Å². The molecule has 15 heteroatoms. The number of nitrogens with one attached hydrogen (secondary N) is 3. The average Bonchev–Trinajstić information content (AvgIpc) is 3.25. The molecule has 0 aliphatic heterocycles. The van der Waals surface area contributed by atoms with Crippen LogP contribution in [0.15, 0.2) is 22.5 Å². The number of sulfonamides is 1. The number of ketones is 1. The zero-order chi connectivity index (χ0) is 28.2. The van der Waals surface area contributed by atoms with Crippen molar-refractivity contribution in [1.82, 2.24) is 15.5 Å². The molecule has 0 bridgehead atoms. The third kappa shape index (κ3) is 12.7. The molecular weight excluding hydrogens is 524 g/mol. The molecule has 0 saturated carbocycles. The van der Waals surface area contributed by atoms with Crippen LogP contribution in [0.1, 0.15) is 57.8 Å². The second kappa shape index (κ2) is 15.3. The summed E-state index contributed by atoms with van der Waals surface area (Å²) in [6, 6.07) is 5.21. The first-order valence-corrected chi connectivity index (χ1v) is 13.7. The Balaban J connectivity index is 0.000000442. The number of carbonyl (C=O) groups excluding carboxylic acids is 3. The van der Waals surface area contributed by atoms with Crippen molar-refractivity contribution in [2.45, 2.75) is 63.9 Å². The number of aromatic nitrogens is 2. The molecular formula is C22H34N6O7S2. The number of primary sulfonamides is 1. The summed E-state index contributed by atoms with van der Waals surface area (Å²) in [5.41, 5.74) is 0.946. The lowest BCUT2D eigenvalue weighted by molar-refractivity contribution is -0.116. The van der Waals surface area contributed by atoms with Crippen LogP contribution in [0.3, 0.4) is 0 Å². The number of aliphatic hydroxyl groups excluding tert-OH is 1. The fourth-order valence-corrected chi connectivity index (χ4v) is 3.98. The minimum atomic E-state index is -3.82. The number of nitrogens with two attached hydrogens (primary N) is 1. The lowest BCUT2D eigenvalue weighted by Crippen LogP contribution is -2.35. The van der Waals surface area contributed by atoms with E-state index in [0.29, 0.717) is 41.3 Å². The largest absolute Gasteiger partial charge is 0.490 e. The van der Waals surface area contributed by atoms with Gasteiger partial charge in [0.15, 0.2) is 5.78 Å². The van der Waals surface area contributed by atoms with Crippen LogP contribution in [-0.2, 0) is 19.6 Å². The Morgan fingerprint density at radius 3 is 2.35 bits per heavy atom. The third-order valence-electron chi connectivity index (χ3n) is 4.25. The SMILES string of the molecule is CC(=O)Nc1nnc(S(N)(=O)=O)s1.CCCC(=O)Nc1ccc(OCC(O)CNC(C)C)c(C(C)=O)c1. The molecule has 0 radical (unpaired) electrons. The molecule has 0 spiro atoms. The molecule has 0 fully saturated rings. The summed E-state index contributed by atoms with van der Waals surface area (Å²) in [6.45, 7) is 9.13. The van der Waals surface area contributed by atoms with Crippen molar-refractivity contribution in [1.29, 1.82) is 0 Å². The van der Waals surface area contributed by atoms with Gasteiger partial charge in [0, 0.05) is 31.6 Å². The van der Waals surface area contributed by atoms with Gasteiger partial charge in [-0.1, -0.05) is 32.1 Å². The summed E-state index contributed by atoms with van der Waals surface area (Å²) in [4.78, 5) is 34.0. The number of carbonyl (C=O) groups is 3. The molecule has 2 aromatic rings. The Morgan fingerprint density at radius 1 is 1.16 bits per heavy atom. The Labute approximate surface area is 220 Å². The van der Waals surface area contributed by atoms with E-state index in [1.807, 2.05) is 20.8 Å². The molecule has 1 heterocycles. The monoisotopic (exact) mass is 558 g/mol. The molecule has 6 N–H and O–H groups in total. The highest BCUT2D eigenvalue weighted by Crippen LogP contribution is 2.24. The van der Waals surface area contributed by atoms with Crippen molar-refractivity contribution in [2.24, 2.45) is 5.14 Å². The predicted molar refractivity (Wildman–Crippen MR) is 140 cm³/mol. The standard InChI is InChI=1S/C18H28N2O4.C4H6N4O3S2/c1-5-6-18(23)20-14-7-8-17(16(9-14)13(4)21)24-11-15(22)10-19-12(2)3;1-2(9)6-3-7-8-4(12-3)13(5,10)11/h7-9,12,15,19,22H,5-6,10-11H2,1-4H3,(H,20,23);1H3,(H2,5,10,11)(H,6,7,9). The van der Waals surface area contributed by atoms with E-state index < -0.39 is 16.1 Å². The van der Waals surface area contributed by atoms with E-state index in [9.17, 15) is 27.9 Å². The number of aliphatic hydroxyl groups is 1. The number of nitrogens with zero attached hydrogens (tertiary/aromatic N) is 2. The molecule has 1 unspecified atom stereocenters. The van der Waals surface area contributed by atoms with E-state index in [4.69, 9.17) is 9.88 Å². The minimum Gasteiger partial charge on any atom is -0.490 e. The number of ether oxygens (including phenoxy) is 1. The molecule has 2 amide bonds. The van der Waals surface area contributed by atoms with E-state index in [1.165, 1.54) is 13.8 Å². The number of hydrogen-bond acceptors (Lipinski definition) is 11. The van der Waals surface area contributed by atoms with Gasteiger partial charge in [-0.15, -0.1) is 10.2 Å². The van der Waals surface area contributed by atoms with E-state index in [-0.39, 0.29) is 39.7 Å². The zero-order valence-corrected chi connectivity index (χ0v) is 23.0. The average molecular weight is 559 g/mol. The maximum atomic E-state index is 11.8. The van der Waals surface area contributed by atoms with Crippen molar-refractivity contribution in [2.75, 3.05) is 23.8 Å². The first-order valence-electron chi connectivity index (χ1n) is 11.4. The zero-order valence-electron chi connectivity index (χ0n) is 21.4. The summed E-state index contributed by atoms with van der Waals surface area (Å²) in [6.07, 6.45) is 0.522. The van der Waals surface area contributed by atoms with Crippen LogP contribution in [0.2, 0.25) is 0 Å². The number of benzene rings is 1. The van der Waals surface area contributed by atoms with E-state index in [2.05, 4.69) is 26.1 Å². The van der Waals surface area contributed by atoms with Gasteiger partial charge in [-0.25, -0.2) is 13.6 Å². The quantitative estimate of drug-likeness (QED) is 0.188. The Bertz CT molecular complexity index is 1170. The van der Waals surface area contributed by atoms with Crippen molar-refractivity contribution >= 4 is 49.8 Å². The first-order chi connectivity index (χ1) is 17.2. The van der Waals surface area contributed by atoms with Gasteiger partial charge >= 0.3 is 0 Å². The van der Waals surface area contributed by atoms with Crippen LogP contribution < -0.4 is 25.8 Å². The molecule has 37 heavy (non-hydrogen) atoms. The van der Waals surface area contributed by atoms with Crippen LogP contribution in [0, 0.1) is 0 Å². The topological polar surface area (TPSA) is 203 Å². The second-order valence-electron chi connectivity index (χ2n) is 8.19. The van der Waals surface area contributed by atoms with Crippen LogP contribution in [0.4, 0.5) is 10.8 Å². The van der Waals surface area contributed by atoms with Crippen molar-refractivity contribution in [3.05, 3.63) is 23.8 Å². The van der Waals surface area contributed by atoms with E-state index >= 15 is 0 Å². The maximum absolute atomic E-state index is 11.8. The van der Waals surface area contributed by atoms with E-state index in [1.54, 1.807) is 18.2 Å². The molecule has 0 aliphatic rings. The molecule has 0 saturated heterocycles. The Hall–Kier alpha value is -2.98. The van der Waals surface area contributed by atoms with Crippen molar-refractivity contribution < 1.29 is 32.6 Å². The van der Waals surface area contributed by atoms with Crippen molar-refractivity contribution in [3.8, 4) is 5.75 Å². The number of Topliss-reactive ketones (excluding diaryl/α,β-unsaturated/α-hetero) is 1. The summed E-state index contributed by atoms with van der Waals surface area (Å²) < 4.78 is 26.7. The highest BCUT2D eigenvalue weighted by atomic mass is 32.2. The Morgan fingerprint density at radius 2 is 1.84 bits per heavy atom. The van der Waals surface area contributed by atoms with Gasteiger partial charge in [0.2, 0.25) is 21.3 Å². The van der Waals surface area contributed by atoms with Gasteiger partial charge in [0.1, 0.15) is 18.5 Å². The van der Waals surface area contributed by atoms with Crippen LogP contribution in [0.25, 0.3) is 0 Å². The minimum absolute atomic E-state index is 0.0849. The van der Waals surface area contributed by atoms with Gasteiger partial charge in [-0.2, -0.15) is 0 Å². The highest BCUT2D eigenvalue weighted by Gasteiger charge is 2.15. The smallest absolute Gasteiger partial charge is 0.267 e. The van der Waals surface area contributed by atoms with Gasteiger partial charge in [-0.3, -0.25) is 14.4 Å². The number of rotatable bonds is 12. The molecule has 1 aromatic carbocycles. The number of hydrogen-bond donors (Lipinski definition) is 5. The maximum Gasteiger partial charge on any atom is 0.267 e. The van der Waals surface area contributed by atoms with E-state index in [0.717, 1.165) is 6.42 Å². The van der Waals surface area contributed by atoms with Crippen LogP contribution in [0.5, 0.6) is 5.75 Å². The molecule has 2 rings (SSSR count). The van der Waals surface area contributed by atoms with Gasteiger partial charge < -0.3 is 25.8 Å². The molecule has 13 nitrogen and oxygen atoms in total. The normalized spacial score (nSPS) is 11.8. The van der Waals surface area contributed by atoms with Crippen LogP contribution in [-0.4, -0.2) is 66.6 Å². The molecule has 1 aromatic heterocycles. The van der Waals surface area contributed by atoms with Crippen LogP contribution >= 0.6 is 11.3 Å². The molecule has 1 atom stereocenters. The fraction of sp³-hybridized carbons (Fsp3) is 0.500. The Kier molecular flexibility index (Phi) is 13.3. The molecule has 206 valence electrons. The third-order valence-corrected chi connectivity index (χ3v) is 6.39. The lowest BCUT2D eigenvalue weighted by atomic mass is 10.1. The summed E-state index contributed by atoms with van der Waals surface area (Å²) in [7, 11) is -3.82. The number of amides is 2. The van der Waals surface area contributed by atoms with Gasteiger partial charge in [0.25, 0.3) is 10.0 Å². The first kappa shape index (κ1) is 32.0. The number of anilines is 2. The lowest BCUT2D eigenvalue weighted by Gasteiger charge is -2.17. The summed E-state index contributed by atoms with van der Waals surface area (Å²) in [5, 5.41) is 29.6. The summed E-state index contributed by atoms with van der Waals surface area (Å²) >= 11 is 0.701. The second-order valence-corrected chi connectivity index (χ2v) is 10.9. The fourth-order valence-electron chi connectivity index (χ4n) is 2.60.